The maximum Gasteiger partial charge on any atom is 0.411 e. The Bertz CT molecular complexity index is 377. The van der Waals surface area contributed by atoms with E-state index in [1.807, 2.05) is 20.8 Å². The predicted molar refractivity (Wildman–Crippen MR) is 69.9 cm³/mol. The molecular weight excluding hydrogens is 269 g/mol. The third kappa shape index (κ3) is 2.43. The van der Waals surface area contributed by atoms with Gasteiger partial charge in [0.1, 0.15) is 5.54 Å². The van der Waals surface area contributed by atoms with Crippen LogP contribution in [-0.4, -0.2) is 34.7 Å². The molecule has 0 aromatic heterocycles. The van der Waals surface area contributed by atoms with Crippen molar-refractivity contribution in [2.75, 3.05) is 0 Å². The molecule has 0 spiro atoms. The van der Waals surface area contributed by atoms with E-state index >= 15 is 0 Å². The van der Waals surface area contributed by atoms with Crippen molar-refractivity contribution in [2.45, 2.75) is 76.8 Å². The van der Waals surface area contributed by atoms with Gasteiger partial charge in [-0.2, -0.15) is 13.2 Å². The quantitative estimate of drug-likeness (QED) is 0.844. The summed E-state index contributed by atoms with van der Waals surface area (Å²) in [5.74, 6) is -0.405. The van der Waals surface area contributed by atoms with Crippen molar-refractivity contribution in [3.8, 4) is 0 Å². The summed E-state index contributed by atoms with van der Waals surface area (Å²) in [4.78, 5) is 13.5. The predicted octanol–water partition coefficient (Wildman–Crippen LogP) is 3.05. The fraction of sp³-hybridized carbons (Fsp3) is 0.929. The van der Waals surface area contributed by atoms with Crippen LogP contribution in [0.2, 0.25) is 0 Å². The van der Waals surface area contributed by atoms with Gasteiger partial charge in [0.15, 0.2) is 0 Å². The van der Waals surface area contributed by atoms with Gasteiger partial charge in [0.05, 0.1) is 12.2 Å². The lowest BCUT2D eigenvalue weighted by molar-refractivity contribution is -0.204. The molecule has 0 aromatic carbocycles. The van der Waals surface area contributed by atoms with Crippen LogP contribution in [0.4, 0.5) is 13.2 Å². The molecule has 1 amide bonds. The van der Waals surface area contributed by atoms with Crippen molar-refractivity contribution in [2.24, 2.45) is 5.92 Å². The number of halogens is 3. The van der Waals surface area contributed by atoms with Crippen LogP contribution in [0.1, 0.15) is 52.9 Å². The number of alkyl halides is 3. The van der Waals surface area contributed by atoms with Crippen LogP contribution < -0.4 is 5.32 Å². The molecule has 1 saturated heterocycles. The highest BCUT2D eigenvalue weighted by Crippen LogP contribution is 2.55. The van der Waals surface area contributed by atoms with Gasteiger partial charge in [-0.3, -0.25) is 10.1 Å². The molecule has 1 aliphatic heterocycles. The number of nitrogens with zero attached hydrogens (tertiary/aromatic N) is 1. The van der Waals surface area contributed by atoms with Gasteiger partial charge in [0.25, 0.3) is 0 Å². The lowest BCUT2D eigenvalue weighted by atomic mass is 10.1. The Labute approximate surface area is 117 Å². The Hall–Kier alpha value is -0.780. The molecule has 1 saturated carbocycles. The van der Waals surface area contributed by atoms with Crippen molar-refractivity contribution in [1.82, 2.24) is 10.2 Å². The summed E-state index contributed by atoms with van der Waals surface area (Å²) in [5.41, 5.74) is -1.91. The molecule has 116 valence electrons. The lowest BCUT2D eigenvalue weighted by Gasteiger charge is -2.36. The Balaban J connectivity index is 2.23. The van der Waals surface area contributed by atoms with Crippen LogP contribution in [0.3, 0.4) is 0 Å². The number of amides is 1. The molecule has 1 N–H and O–H groups in total. The molecule has 2 rings (SSSR count). The summed E-state index contributed by atoms with van der Waals surface area (Å²) in [6.45, 7) is 5.72. The van der Waals surface area contributed by atoms with E-state index < -0.39 is 23.9 Å². The van der Waals surface area contributed by atoms with E-state index in [-0.39, 0.29) is 24.7 Å². The first-order valence-electron chi connectivity index (χ1n) is 7.40. The second kappa shape index (κ2) is 5.20. The van der Waals surface area contributed by atoms with Crippen LogP contribution >= 0.6 is 0 Å². The summed E-state index contributed by atoms with van der Waals surface area (Å²) in [5, 5.41) is 3.12. The number of hydrogen-bond acceptors (Lipinski definition) is 2. The monoisotopic (exact) mass is 292 g/mol. The van der Waals surface area contributed by atoms with Gasteiger partial charge in [0.2, 0.25) is 5.91 Å². The van der Waals surface area contributed by atoms with Gasteiger partial charge >= 0.3 is 6.18 Å². The van der Waals surface area contributed by atoms with E-state index in [0.29, 0.717) is 6.42 Å². The lowest BCUT2D eigenvalue weighted by Crippen LogP contribution is -2.55. The summed E-state index contributed by atoms with van der Waals surface area (Å²) >= 11 is 0. The largest absolute Gasteiger partial charge is 0.411 e. The van der Waals surface area contributed by atoms with E-state index in [1.54, 1.807) is 0 Å². The number of hydrogen-bond donors (Lipinski definition) is 1. The molecule has 2 atom stereocenters. The molecule has 2 fully saturated rings. The zero-order valence-electron chi connectivity index (χ0n) is 12.3. The topological polar surface area (TPSA) is 32.3 Å². The van der Waals surface area contributed by atoms with Crippen molar-refractivity contribution in [3.63, 3.8) is 0 Å². The number of carbonyl (C=O) groups excluding carboxylic acids is 1. The number of carbonyl (C=O) groups is 1. The molecular formula is C14H23F3N2O. The van der Waals surface area contributed by atoms with Gasteiger partial charge < -0.3 is 4.90 Å². The molecule has 3 nitrogen and oxygen atoms in total. The number of nitrogens with one attached hydrogen (secondary N) is 1. The Morgan fingerprint density at radius 3 is 2.40 bits per heavy atom. The minimum Gasteiger partial charge on any atom is -0.311 e. The Kier molecular flexibility index (Phi) is 4.06. The zero-order valence-corrected chi connectivity index (χ0v) is 12.3. The fourth-order valence-corrected chi connectivity index (χ4v) is 3.02. The van der Waals surface area contributed by atoms with Crippen LogP contribution in [0.25, 0.3) is 0 Å². The first kappa shape index (κ1) is 15.6. The van der Waals surface area contributed by atoms with Crippen LogP contribution in [0, 0.1) is 5.92 Å². The minimum atomic E-state index is -4.34. The van der Waals surface area contributed by atoms with Gasteiger partial charge in [0, 0.05) is 0 Å². The molecule has 0 bridgehead atoms. The van der Waals surface area contributed by atoms with Crippen LogP contribution in [0.5, 0.6) is 0 Å². The Morgan fingerprint density at radius 1 is 1.40 bits per heavy atom. The highest BCUT2D eigenvalue weighted by molar-refractivity contribution is 5.85. The van der Waals surface area contributed by atoms with E-state index in [4.69, 9.17) is 0 Å². The standard InChI is InChI=1S/C14H23F3N2O/c1-4-5-6-10-12(20)19(11(18-10)9(2)3)13(7-8-13)14(15,16)17/h9-11,18H,4-8H2,1-3H3. The van der Waals surface area contributed by atoms with E-state index in [9.17, 15) is 18.0 Å². The van der Waals surface area contributed by atoms with Crippen molar-refractivity contribution in [3.05, 3.63) is 0 Å². The van der Waals surface area contributed by atoms with Crippen molar-refractivity contribution < 1.29 is 18.0 Å². The fourth-order valence-electron chi connectivity index (χ4n) is 3.02. The van der Waals surface area contributed by atoms with Gasteiger partial charge in [-0.15, -0.1) is 0 Å². The second-order valence-corrected chi connectivity index (χ2v) is 6.29. The molecule has 1 heterocycles. The molecule has 0 aromatic rings. The molecule has 2 aliphatic rings. The third-order valence-corrected chi connectivity index (χ3v) is 4.38. The maximum atomic E-state index is 13.3. The minimum absolute atomic E-state index is 0.0354. The Morgan fingerprint density at radius 2 is 2.00 bits per heavy atom. The second-order valence-electron chi connectivity index (χ2n) is 6.29. The number of unbranched alkanes of at least 4 members (excludes halogenated alkanes) is 1. The first-order chi connectivity index (χ1) is 9.24. The molecule has 1 aliphatic carbocycles. The van der Waals surface area contributed by atoms with E-state index in [2.05, 4.69) is 5.32 Å². The normalized spacial score (nSPS) is 29.4. The molecule has 6 heteroatoms. The van der Waals surface area contributed by atoms with Gasteiger partial charge in [-0.05, 0) is 25.2 Å². The van der Waals surface area contributed by atoms with Gasteiger partial charge in [-0.25, -0.2) is 0 Å². The summed E-state index contributed by atoms with van der Waals surface area (Å²) in [6.07, 6.45) is -2.38. The average Bonchev–Trinajstić information content (AvgIpc) is 3.07. The van der Waals surface area contributed by atoms with Crippen LogP contribution in [0.15, 0.2) is 0 Å². The van der Waals surface area contributed by atoms with Gasteiger partial charge in [-0.1, -0.05) is 33.6 Å². The van der Waals surface area contributed by atoms with Crippen molar-refractivity contribution in [1.29, 1.82) is 0 Å². The van der Waals surface area contributed by atoms with E-state index in [1.165, 1.54) is 0 Å². The summed E-state index contributed by atoms with van der Waals surface area (Å²) in [7, 11) is 0. The molecule has 20 heavy (non-hydrogen) atoms. The summed E-state index contributed by atoms with van der Waals surface area (Å²) in [6, 6.07) is -0.456. The third-order valence-electron chi connectivity index (χ3n) is 4.38. The SMILES string of the molecule is CCCCC1NC(C(C)C)N(C2(C(F)(F)F)CC2)C1=O. The van der Waals surface area contributed by atoms with E-state index in [0.717, 1.165) is 17.7 Å². The highest BCUT2D eigenvalue weighted by Gasteiger charge is 2.71. The zero-order chi connectivity index (χ0) is 15.1. The maximum absolute atomic E-state index is 13.3. The number of rotatable bonds is 5. The van der Waals surface area contributed by atoms with Crippen LogP contribution in [-0.2, 0) is 4.79 Å². The molecule has 2 unspecified atom stereocenters. The highest BCUT2D eigenvalue weighted by atomic mass is 19.4. The first-order valence-corrected chi connectivity index (χ1v) is 7.40. The average molecular weight is 292 g/mol. The smallest absolute Gasteiger partial charge is 0.311 e. The van der Waals surface area contributed by atoms with Crippen molar-refractivity contribution >= 4 is 5.91 Å². The molecule has 0 radical (unpaired) electrons. The summed E-state index contributed by atoms with van der Waals surface area (Å²) < 4.78 is 39.9.